The van der Waals surface area contributed by atoms with Gasteiger partial charge in [-0.3, -0.25) is 4.90 Å². The Labute approximate surface area is 458 Å². The summed E-state index contributed by atoms with van der Waals surface area (Å²) in [7, 11) is 4.29. The van der Waals surface area contributed by atoms with Gasteiger partial charge in [-0.25, -0.2) is 0 Å². The summed E-state index contributed by atoms with van der Waals surface area (Å²) >= 11 is 6.21. The van der Waals surface area contributed by atoms with Crippen LogP contribution in [0.4, 0.5) is 11.4 Å². The molecule has 4 aliphatic rings. The van der Waals surface area contributed by atoms with Gasteiger partial charge in [0.2, 0.25) is 0 Å². The molecule has 0 radical (unpaired) electrons. The third-order valence-corrected chi connectivity index (χ3v) is 17.4. The topological polar surface area (TPSA) is 45.2 Å². The fourth-order valence-corrected chi connectivity index (χ4v) is 13.2. The van der Waals surface area contributed by atoms with Gasteiger partial charge in [0.15, 0.2) is 0 Å². The zero-order chi connectivity index (χ0) is 51.8. The molecule has 0 bridgehead atoms. The molecule has 2 heterocycles. The van der Waals surface area contributed by atoms with E-state index in [0.717, 1.165) is 115 Å². The van der Waals surface area contributed by atoms with Gasteiger partial charge in [0.05, 0.1) is 6.61 Å². The van der Waals surface area contributed by atoms with Crippen molar-refractivity contribution in [1.82, 2.24) is 20.0 Å². The Kier molecular flexibility index (Phi) is 16.8. The smallest absolute Gasteiger partial charge is 0.0592 e. The number of likely N-dealkylation sites (N-methyl/N-ethyl adjacent to an activating group) is 1. The Morgan fingerprint density at radius 1 is 0.658 bits per heavy atom. The number of halogens is 1. The minimum absolute atomic E-state index is 0.0227. The van der Waals surface area contributed by atoms with Crippen LogP contribution in [0.5, 0.6) is 0 Å². The van der Waals surface area contributed by atoms with Gasteiger partial charge in [0.1, 0.15) is 0 Å². The van der Waals surface area contributed by atoms with E-state index in [1.807, 2.05) is 19.2 Å². The lowest BCUT2D eigenvalue weighted by molar-refractivity contribution is 0.0518. The van der Waals surface area contributed by atoms with Crippen molar-refractivity contribution >= 4 is 40.7 Å². The van der Waals surface area contributed by atoms with Crippen LogP contribution in [0.3, 0.4) is 0 Å². The monoisotopic (exact) mass is 1030 g/mol. The summed E-state index contributed by atoms with van der Waals surface area (Å²) in [5.41, 5.74) is 21.6. The number of para-hydroxylation sites is 1. The SMILES string of the molecule is CNCC/C=C1/c2ccccc2CCc2cc(-c3ccc4c(c3)C(C(CO)N3CCN(CCCC5c6ccccc6C=Cc6ccccc65)CC3)Cc3ccccc3N4CCCN(C)CCc3ccc(Cl)cc3)ccc21. The number of hydrogen-bond donors (Lipinski definition) is 2. The molecule has 0 spiro atoms. The molecule has 0 amide bonds. The Bertz CT molecular complexity index is 3100. The summed E-state index contributed by atoms with van der Waals surface area (Å²) in [6.45, 7) is 8.95. The van der Waals surface area contributed by atoms with E-state index in [0.29, 0.717) is 5.92 Å². The second-order valence-electron chi connectivity index (χ2n) is 21.9. The fourth-order valence-electron chi connectivity index (χ4n) is 13.1. The number of anilines is 2. The predicted octanol–water partition coefficient (Wildman–Crippen LogP) is 13.6. The Morgan fingerprint density at radius 3 is 2.09 bits per heavy atom. The molecule has 2 aliphatic carbocycles. The molecule has 2 aliphatic heterocycles. The molecule has 7 heteroatoms. The van der Waals surface area contributed by atoms with Crippen LogP contribution in [0.1, 0.15) is 98.7 Å². The number of hydrogen-bond acceptors (Lipinski definition) is 6. The van der Waals surface area contributed by atoms with Crippen LogP contribution >= 0.6 is 11.6 Å². The molecule has 11 rings (SSSR count). The van der Waals surface area contributed by atoms with E-state index in [9.17, 15) is 5.11 Å². The van der Waals surface area contributed by atoms with Crippen molar-refractivity contribution < 1.29 is 5.11 Å². The minimum atomic E-state index is -0.0227. The van der Waals surface area contributed by atoms with E-state index >= 15 is 0 Å². The van der Waals surface area contributed by atoms with Crippen molar-refractivity contribution in [1.29, 1.82) is 0 Å². The van der Waals surface area contributed by atoms with Crippen molar-refractivity contribution in [3.05, 3.63) is 230 Å². The first-order chi connectivity index (χ1) is 37.4. The first kappa shape index (κ1) is 52.0. The van der Waals surface area contributed by atoms with Crippen LogP contribution in [0.2, 0.25) is 5.02 Å². The molecular formula is C69H76ClN5O. The molecule has 390 valence electrons. The van der Waals surface area contributed by atoms with Gasteiger partial charge in [-0.2, -0.15) is 0 Å². The summed E-state index contributed by atoms with van der Waals surface area (Å²) < 4.78 is 0. The molecule has 2 N–H and O–H groups in total. The molecular weight excluding hydrogens is 950 g/mol. The first-order valence-corrected chi connectivity index (χ1v) is 28.7. The van der Waals surface area contributed by atoms with Gasteiger partial charge in [0.25, 0.3) is 0 Å². The summed E-state index contributed by atoms with van der Waals surface area (Å²) in [5.74, 6) is 0.484. The average Bonchev–Trinajstić information content (AvgIpc) is 3.81. The van der Waals surface area contributed by atoms with Gasteiger partial charge in [0, 0.05) is 73.5 Å². The minimum Gasteiger partial charge on any atom is -0.395 e. The van der Waals surface area contributed by atoms with Gasteiger partial charge >= 0.3 is 0 Å². The van der Waals surface area contributed by atoms with Crippen molar-refractivity contribution in [2.45, 2.75) is 69.2 Å². The zero-order valence-corrected chi connectivity index (χ0v) is 45.6. The lowest BCUT2D eigenvalue weighted by Crippen LogP contribution is -2.53. The van der Waals surface area contributed by atoms with E-state index in [2.05, 4.69) is 196 Å². The molecule has 7 aromatic carbocycles. The summed E-state index contributed by atoms with van der Waals surface area (Å²) in [6, 6.07) is 58.9. The quantitative estimate of drug-likeness (QED) is 0.0835. The van der Waals surface area contributed by atoms with Gasteiger partial charge in [-0.05, 0) is 193 Å². The number of piperazine rings is 1. The molecule has 76 heavy (non-hydrogen) atoms. The first-order valence-electron chi connectivity index (χ1n) is 28.3. The lowest BCUT2D eigenvalue weighted by Gasteiger charge is -2.42. The molecule has 0 aromatic heterocycles. The maximum atomic E-state index is 11.8. The summed E-state index contributed by atoms with van der Waals surface area (Å²) in [4.78, 5) is 10.4. The second kappa shape index (κ2) is 24.5. The highest BCUT2D eigenvalue weighted by Crippen LogP contribution is 2.46. The normalized spacial score (nSPS) is 17.5. The highest BCUT2D eigenvalue weighted by molar-refractivity contribution is 6.30. The molecule has 7 aromatic rings. The number of nitrogens with one attached hydrogen (secondary N) is 1. The van der Waals surface area contributed by atoms with Crippen LogP contribution < -0.4 is 10.2 Å². The van der Waals surface area contributed by atoms with E-state index in [1.165, 1.54) is 89.3 Å². The van der Waals surface area contributed by atoms with E-state index in [-0.39, 0.29) is 18.6 Å². The Hall–Kier alpha value is -6.09. The number of benzene rings is 7. The molecule has 0 saturated carbocycles. The maximum Gasteiger partial charge on any atom is 0.0592 e. The number of aryl methyl sites for hydroxylation is 2. The van der Waals surface area contributed by atoms with Crippen LogP contribution in [0, 0.1) is 0 Å². The highest BCUT2D eigenvalue weighted by Gasteiger charge is 2.36. The molecule has 2 unspecified atom stereocenters. The van der Waals surface area contributed by atoms with Crippen LogP contribution in [-0.2, 0) is 25.7 Å². The van der Waals surface area contributed by atoms with Crippen LogP contribution in [0.15, 0.2) is 164 Å². The van der Waals surface area contributed by atoms with E-state index < -0.39 is 0 Å². The number of aliphatic hydroxyl groups excluding tert-OH is 1. The fraction of sp³-hybridized carbons (Fsp3) is 0.333. The Morgan fingerprint density at radius 2 is 1.33 bits per heavy atom. The second-order valence-corrected chi connectivity index (χ2v) is 22.3. The number of aliphatic hydroxyl groups is 1. The molecule has 6 nitrogen and oxygen atoms in total. The van der Waals surface area contributed by atoms with Crippen molar-refractivity contribution in [2.24, 2.45) is 0 Å². The predicted molar refractivity (Wildman–Crippen MR) is 320 cm³/mol. The lowest BCUT2D eigenvalue weighted by atomic mass is 9.83. The van der Waals surface area contributed by atoms with Crippen molar-refractivity contribution in [2.75, 3.05) is 84.5 Å². The average molecular weight is 1030 g/mol. The van der Waals surface area contributed by atoms with E-state index in [1.54, 1.807) is 0 Å². The largest absolute Gasteiger partial charge is 0.395 e. The third-order valence-electron chi connectivity index (χ3n) is 17.2. The number of rotatable bonds is 18. The van der Waals surface area contributed by atoms with Gasteiger partial charge in [-0.1, -0.05) is 157 Å². The maximum absolute atomic E-state index is 11.8. The molecule has 1 fully saturated rings. The van der Waals surface area contributed by atoms with Crippen molar-refractivity contribution in [3.63, 3.8) is 0 Å². The number of fused-ring (bicyclic) bond motifs is 6. The third kappa shape index (κ3) is 11.6. The zero-order valence-electron chi connectivity index (χ0n) is 44.8. The Balaban J connectivity index is 0.863. The van der Waals surface area contributed by atoms with Gasteiger partial charge in [-0.15, -0.1) is 0 Å². The highest BCUT2D eigenvalue weighted by atomic mass is 35.5. The number of nitrogens with zero attached hydrogens (tertiary/aromatic N) is 4. The standard InChI is InChI=1S/C69H76ClN5O/c1-71-37-11-21-63-59-18-7-5-16-53(59)28-29-56-46-54(30-34-62(56)63)55-31-35-68-65(47-55)66(48-57-17-6-10-23-67(57)75(68)40-13-38-72(2)41-36-50-24-32-58(70)33-25-50)69(49-76)74-44-42-73(43-45-74)39-12-22-64-60-19-8-3-14-51(60)26-27-52-15-4-9-20-61(52)64/h3-10,14-21,23-27,30-35,46-47,64,66,69,71,76H,11-13,22,28-29,36-45,48-49H2,1-2H3/b63-21-. The summed E-state index contributed by atoms with van der Waals surface area (Å²) in [5, 5.41) is 15.9. The van der Waals surface area contributed by atoms with Crippen molar-refractivity contribution in [3.8, 4) is 11.1 Å². The molecule has 2 atom stereocenters. The van der Waals surface area contributed by atoms with Gasteiger partial charge < -0.3 is 25.1 Å². The van der Waals surface area contributed by atoms with E-state index in [4.69, 9.17) is 11.6 Å². The van der Waals surface area contributed by atoms with Crippen LogP contribution in [0.25, 0.3) is 28.9 Å². The summed E-state index contributed by atoms with van der Waals surface area (Å²) in [6.07, 6.45) is 15.2. The van der Waals surface area contributed by atoms with Crippen LogP contribution in [-0.4, -0.2) is 105 Å². The molecule has 1 saturated heterocycles.